The zero-order chi connectivity index (χ0) is 16.5. The van der Waals surface area contributed by atoms with Crippen molar-refractivity contribution in [2.75, 3.05) is 7.11 Å². The van der Waals surface area contributed by atoms with Gasteiger partial charge >= 0.3 is 12.1 Å². The number of dihydropyridines is 1. The molecule has 1 aromatic heterocycles. The molecule has 0 saturated heterocycles. The number of aromatic nitrogens is 1. The highest BCUT2D eigenvalue weighted by atomic mass is 35.5. The average Bonchev–Trinajstić information content (AvgIpc) is 2.46. The molecule has 0 amide bonds. The zero-order valence-electron chi connectivity index (χ0n) is 11.7. The summed E-state index contributed by atoms with van der Waals surface area (Å²) in [6, 6.07) is 3.05. The molecule has 0 fully saturated rings. The summed E-state index contributed by atoms with van der Waals surface area (Å²) in [7, 11) is 0.896. The number of pyridine rings is 1. The molecule has 1 atom stereocenters. The van der Waals surface area contributed by atoms with Gasteiger partial charge in [-0.15, -0.1) is 0 Å². The Bertz CT molecular complexity index is 670. The van der Waals surface area contributed by atoms with E-state index in [2.05, 4.69) is 15.0 Å². The minimum Gasteiger partial charge on any atom is -0.467 e. The lowest BCUT2D eigenvalue weighted by atomic mass is 9.91. The van der Waals surface area contributed by atoms with Crippen LogP contribution in [0.4, 0.5) is 13.2 Å². The predicted octanol–water partition coefficient (Wildman–Crippen LogP) is 3.10. The summed E-state index contributed by atoms with van der Waals surface area (Å²) in [6.45, 7) is 1.60. The molecule has 0 saturated carbocycles. The third-order valence-electron chi connectivity index (χ3n) is 3.28. The number of carbonyl (C=O) groups is 1. The molecule has 2 rings (SSSR count). The Balaban J connectivity index is 2.57. The fourth-order valence-electron chi connectivity index (χ4n) is 2.08. The van der Waals surface area contributed by atoms with Gasteiger partial charge in [0.2, 0.25) is 0 Å². The average molecular weight is 333 g/mol. The van der Waals surface area contributed by atoms with Crippen LogP contribution in [0.2, 0.25) is 5.15 Å². The van der Waals surface area contributed by atoms with Crippen LogP contribution in [-0.2, 0) is 9.53 Å². The molecular formula is C14H12ClF3N2O2. The van der Waals surface area contributed by atoms with E-state index in [0.717, 1.165) is 13.2 Å². The molecule has 118 valence electrons. The van der Waals surface area contributed by atoms with Crippen LogP contribution in [0.5, 0.6) is 0 Å². The minimum absolute atomic E-state index is 0.0283. The molecule has 1 aromatic rings. The van der Waals surface area contributed by atoms with E-state index in [4.69, 9.17) is 11.6 Å². The molecule has 0 aromatic carbocycles. The first kappa shape index (κ1) is 16.4. The number of hydrogen-bond donors (Lipinski definition) is 1. The summed E-state index contributed by atoms with van der Waals surface area (Å²) in [5.74, 6) is -1.46. The first-order chi connectivity index (χ1) is 10.2. The third kappa shape index (κ3) is 2.56. The first-order valence-electron chi connectivity index (χ1n) is 6.17. The van der Waals surface area contributed by atoms with E-state index in [1.54, 1.807) is 6.92 Å². The monoisotopic (exact) mass is 332 g/mol. The summed E-state index contributed by atoms with van der Waals surface area (Å²) in [4.78, 5) is 15.6. The lowest BCUT2D eigenvalue weighted by molar-refractivity contribution is -0.198. The van der Waals surface area contributed by atoms with Gasteiger partial charge in [-0.2, -0.15) is 13.2 Å². The van der Waals surface area contributed by atoms with Crippen LogP contribution >= 0.6 is 11.6 Å². The van der Waals surface area contributed by atoms with Crippen molar-refractivity contribution in [3.8, 4) is 0 Å². The number of nitrogens with zero attached hydrogens (tertiary/aromatic N) is 1. The second-order valence-corrected chi connectivity index (χ2v) is 5.01. The molecule has 1 aliphatic rings. The summed E-state index contributed by atoms with van der Waals surface area (Å²) < 4.78 is 44.7. The molecule has 8 heteroatoms. The fourth-order valence-corrected chi connectivity index (χ4v) is 2.30. The maximum atomic E-state index is 13.5. The molecule has 0 bridgehead atoms. The molecular weight excluding hydrogens is 321 g/mol. The van der Waals surface area contributed by atoms with E-state index in [9.17, 15) is 18.0 Å². The molecule has 1 unspecified atom stereocenters. The van der Waals surface area contributed by atoms with Crippen molar-refractivity contribution >= 4 is 23.3 Å². The second-order valence-electron chi connectivity index (χ2n) is 4.66. The Morgan fingerprint density at radius 1 is 1.45 bits per heavy atom. The zero-order valence-corrected chi connectivity index (χ0v) is 12.4. The maximum Gasteiger partial charge on any atom is 0.426 e. The smallest absolute Gasteiger partial charge is 0.426 e. The standard InChI is InChI=1S/C14H12ClF3N2O2/c1-8-5-6-13(12(21)22-2,14(16,17)18)20-10(8)9-4-3-7-19-11(9)15/h3-7,20H,1-2H3. The van der Waals surface area contributed by atoms with E-state index in [1.807, 2.05) is 0 Å². The second kappa shape index (κ2) is 5.64. The fraction of sp³-hybridized carbons (Fsp3) is 0.286. The summed E-state index contributed by atoms with van der Waals surface area (Å²) >= 11 is 5.94. The predicted molar refractivity (Wildman–Crippen MR) is 74.9 cm³/mol. The SMILES string of the molecule is COC(=O)C1(C(F)(F)F)C=CC(C)=C(c2cccnc2Cl)N1. The van der Waals surface area contributed by atoms with E-state index in [1.165, 1.54) is 24.4 Å². The van der Waals surface area contributed by atoms with E-state index in [0.29, 0.717) is 5.57 Å². The first-order valence-corrected chi connectivity index (χ1v) is 6.55. The third-order valence-corrected chi connectivity index (χ3v) is 3.58. The van der Waals surface area contributed by atoms with Crippen LogP contribution in [0.3, 0.4) is 0 Å². The molecule has 1 aliphatic heterocycles. The number of ether oxygens (including phenoxy) is 1. The van der Waals surface area contributed by atoms with Gasteiger partial charge in [0.1, 0.15) is 5.15 Å². The topological polar surface area (TPSA) is 51.2 Å². The molecule has 0 aliphatic carbocycles. The van der Waals surface area contributed by atoms with E-state index >= 15 is 0 Å². The van der Waals surface area contributed by atoms with Gasteiger partial charge < -0.3 is 10.1 Å². The van der Waals surface area contributed by atoms with Gasteiger partial charge in [-0.3, -0.25) is 0 Å². The molecule has 1 N–H and O–H groups in total. The van der Waals surface area contributed by atoms with Crippen molar-refractivity contribution in [2.24, 2.45) is 0 Å². The van der Waals surface area contributed by atoms with Crippen LogP contribution in [-0.4, -0.2) is 29.8 Å². The lowest BCUT2D eigenvalue weighted by Gasteiger charge is -2.36. The molecule has 2 heterocycles. The van der Waals surface area contributed by atoms with Crippen LogP contribution in [0.1, 0.15) is 12.5 Å². The number of halogens is 4. The molecule has 4 nitrogen and oxygen atoms in total. The van der Waals surface area contributed by atoms with E-state index < -0.39 is 17.7 Å². The Morgan fingerprint density at radius 2 is 2.14 bits per heavy atom. The molecule has 22 heavy (non-hydrogen) atoms. The van der Waals surface area contributed by atoms with Crippen molar-refractivity contribution < 1.29 is 22.7 Å². The van der Waals surface area contributed by atoms with Crippen molar-refractivity contribution in [1.29, 1.82) is 0 Å². The van der Waals surface area contributed by atoms with Gasteiger partial charge in [0.15, 0.2) is 0 Å². The number of rotatable bonds is 2. The van der Waals surface area contributed by atoms with Crippen molar-refractivity contribution in [1.82, 2.24) is 10.3 Å². The number of carbonyl (C=O) groups excluding carboxylic acids is 1. The Morgan fingerprint density at radius 3 is 2.68 bits per heavy atom. The van der Waals surface area contributed by atoms with Gasteiger partial charge in [0.25, 0.3) is 5.54 Å². The lowest BCUT2D eigenvalue weighted by Crippen LogP contribution is -2.61. The summed E-state index contributed by atoms with van der Waals surface area (Å²) in [5, 5.41) is 2.26. The summed E-state index contributed by atoms with van der Waals surface area (Å²) in [6.07, 6.45) is -1.53. The van der Waals surface area contributed by atoms with Gasteiger partial charge in [-0.05, 0) is 30.7 Å². The van der Waals surface area contributed by atoms with Crippen LogP contribution < -0.4 is 5.32 Å². The van der Waals surface area contributed by atoms with Crippen molar-refractivity contribution in [2.45, 2.75) is 18.6 Å². The normalized spacial score (nSPS) is 21.5. The quantitative estimate of drug-likeness (QED) is 0.668. The van der Waals surface area contributed by atoms with Gasteiger partial charge in [0.05, 0.1) is 7.11 Å². The van der Waals surface area contributed by atoms with Gasteiger partial charge in [-0.25, -0.2) is 9.78 Å². The number of hydrogen-bond acceptors (Lipinski definition) is 4. The molecule has 0 radical (unpaired) electrons. The highest BCUT2D eigenvalue weighted by Crippen LogP contribution is 2.39. The maximum absolute atomic E-state index is 13.5. The molecule has 0 spiro atoms. The van der Waals surface area contributed by atoms with Crippen LogP contribution in [0.25, 0.3) is 5.70 Å². The Hall–Kier alpha value is -2.02. The minimum atomic E-state index is -4.89. The summed E-state index contributed by atoms with van der Waals surface area (Å²) in [5.41, 5.74) is -2.14. The van der Waals surface area contributed by atoms with Gasteiger partial charge in [0, 0.05) is 17.5 Å². The van der Waals surface area contributed by atoms with Crippen LogP contribution in [0, 0.1) is 0 Å². The Kier molecular flexibility index (Phi) is 4.19. The number of nitrogens with one attached hydrogen (secondary N) is 1. The van der Waals surface area contributed by atoms with Gasteiger partial charge in [-0.1, -0.05) is 17.7 Å². The number of alkyl halides is 3. The highest BCUT2D eigenvalue weighted by molar-refractivity contribution is 6.31. The number of esters is 1. The van der Waals surface area contributed by atoms with Crippen molar-refractivity contribution in [3.63, 3.8) is 0 Å². The van der Waals surface area contributed by atoms with Crippen molar-refractivity contribution in [3.05, 3.63) is 46.8 Å². The largest absolute Gasteiger partial charge is 0.467 e. The van der Waals surface area contributed by atoms with Crippen LogP contribution in [0.15, 0.2) is 36.1 Å². The Labute approximate surface area is 129 Å². The van der Waals surface area contributed by atoms with E-state index in [-0.39, 0.29) is 16.4 Å². The number of methoxy groups -OCH3 is 1. The highest BCUT2D eigenvalue weighted by Gasteiger charge is 2.61. The number of allylic oxidation sites excluding steroid dienone is 2.